The van der Waals surface area contributed by atoms with Crippen LogP contribution in [0.1, 0.15) is 21.5 Å². The first-order valence-electron chi connectivity index (χ1n) is 10.5. The predicted molar refractivity (Wildman–Crippen MR) is 133 cm³/mol. The molecule has 4 rings (SSSR count). The average Bonchev–Trinajstić information content (AvgIpc) is 2.88. The molecule has 0 spiro atoms. The summed E-state index contributed by atoms with van der Waals surface area (Å²) in [6, 6.07) is 33.4. The molecule has 33 heavy (non-hydrogen) atoms. The van der Waals surface area contributed by atoms with E-state index in [1.165, 1.54) is 12.1 Å². The van der Waals surface area contributed by atoms with Crippen LogP contribution < -0.4 is 0 Å². The molecule has 0 N–H and O–H groups in total. The highest BCUT2D eigenvalue weighted by molar-refractivity contribution is 6.13. The molecule has 4 aromatic rings. The zero-order valence-electron chi connectivity index (χ0n) is 17.8. The quantitative estimate of drug-likeness (QED) is 0.102. The zero-order valence-corrected chi connectivity index (χ0v) is 17.8. The summed E-state index contributed by atoms with van der Waals surface area (Å²) in [7, 11) is 0. The SMILES string of the molecule is O=C(C(=Cc1ccc([N+](=O)[O-])cc1)/C=C/c1ccc(-c2ccccc2)cc1)c1ccccc1. The van der Waals surface area contributed by atoms with Crippen molar-refractivity contribution in [1.82, 2.24) is 0 Å². The van der Waals surface area contributed by atoms with Gasteiger partial charge in [-0.15, -0.1) is 0 Å². The molecule has 0 radical (unpaired) electrons. The number of nitro benzene ring substituents is 1. The van der Waals surface area contributed by atoms with Crippen molar-refractivity contribution in [3.8, 4) is 11.1 Å². The number of ketones is 1. The standard InChI is InChI=1S/C29H21NO3/c31-29(26-9-5-2-6-10-26)27(21-23-14-19-28(20-15-23)30(32)33)18-13-22-11-16-25(17-12-22)24-7-3-1-4-8-24/h1-21H/b18-13+,27-21?. The smallest absolute Gasteiger partial charge is 0.269 e. The molecule has 0 aromatic heterocycles. The number of nitrogens with zero attached hydrogens (tertiary/aromatic N) is 1. The lowest BCUT2D eigenvalue weighted by Gasteiger charge is -2.04. The molecule has 4 heteroatoms. The monoisotopic (exact) mass is 431 g/mol. The second kappa shape index (κ2) is 10.2. The van der Waals surface area contributed by atoms with Gasteiger partial charge in [-0.05, 0) is 40.5 Å². The number of hydrogen-bond donors (Lipinski definition) is 0. The summed E-state index contributed by atoms with van der Waals surface area (Å²) < 4.78 is 0. The summed E-state index contributed by atoms with van der Waals surface area (Å²) >= 11 is 0. The van der Waals surface area contributed by atoms with Crippen molar-refractivity contribution in [2.45, 2.75) is 0 Å². The highest BCUT2D eigenvalue weighted by atomic mass is 16.6. The number of carbonyl (C=O) groups is 1. The van der Waals surface area contributed by atoms with Crippen LogP contribution in [0.5, 0.6) is 0 Å². The van der Waals surface area contributed by atoms with Crippen molar-refractivity contribution in [1.29, 1.82) is 0 Å². The van der Waals surface area contributed by atoms with E-state index in [9.17, 15) is 14.9 Å². The Bertz CT molecular complexity index is 1310. The van der Waals surface area contributed by atoms with E-state index in [1.54, 1.807) is 36.4 Å². The van der Waals surface area contributed by atoms with Gasteiger partial charge in [-0.1, -0.05) is 97.1 Å². The van der Waals surface area contributed by atoms with Crippen LogP contribution >= 0.6 is 0 Å². The normalized spacial score (nSPS) is 11.5. The minimum Gasteiger partial charge on any atom is -0.289 e. The zero-order chi connectivity index (χ0) is 23.0. The van der Waals surface area contributed by atoms with E-state index in [-0.39, 0.29) is 11.5 Å². The first-order valence-corrected chi connectivity index (χ1v) is 10.5. The molecule has 0 heterocycles. The fourth-order valence-corrected chi connectivity index (χ4v) is 3.42. The summed E-state index contributed by atoms with van der Waals surface area (Å²) in [6.45, 7) is 0. The summed E-state index contributed by atoms with van der Waals surface area (Å²) in [4.78, 5) is 23.6. The number of carbonyl (C=O) groups excluding carboxylic acids is 1. The highest BCUT2D eigenvalue weighted by Gasteiger charge is 2.10. The molecule has 4 nitrogen and oxygen atoms in total. The van der Waals surface area contributed by atoms with Gasteiger partial charge in [0.2, 0.25) is 0 Å². The third-order valence-electron chi connectivity index (χ3n) is 5.20. The molecule has 160 valence electrons. The van der Waals surface area contributed by atoms with Crippen LogP contribution in [0.15, 0.2) is 121 Å². The number of hydrogen-bond acceptors (Lipinski definition) is 3. The van der Waals surface area contributed by atoms with Crippen LogP contribution in [0.4, 0.5) is 5.69 Å². The van der Waals surface area contributed by atoms with Gasteiger partial charge in [0.1, 0.15) is 0 Å². The third kappa shape index (κ3) is 5.57. The van der Waals surface area contributed by atoms with Gasteiger partial charge in [0.15, 0.2) is 5.78 Å². The molecule has 0 aliphatic heterocycles. The third-order valence-corrected chi connectivity index (χ3v) is 5.20. The van der Waals surface area contributed by atoms with E-state index in [2.05, 4.69) is 12.1 Å². The Morgan fingerprint density at radius 3 is 1.82 bits per heavy atom. The van der Waals surface area contributed by atoms with Crippen molar-refractivity contribution in [3.63, 3.8) is 0 Å². The lowest BCUT2D eigenvalue weighted by atomic mass is 9.99. The molecule has 0 fully saturated rings. The second-order valence-electron chi connectivity index (χ2n) is 7.46. The molecular formula is C29H21NO3. The van der Waals surface area contributed by atoms with E-state index in [1.807, 2.05) is 66.7 Å². The Morgan fingerprint density at radius 2 is 1.21 bits per heavy atom. The minimum atomic E-state index is -0.442. The molecule has 0 aliphatic carbocycles. The van der Waals surface area contributed by atoms with Crippen molar-refractivity contribution in [2.24, 2.45) is 0 Å². The molecule has 0 amide bonds. The molecular weight excluding hydrogens is 410 g/mol. The molecule has 0 saturated carbocycles. The highest BCUT2D eigenvalue weighted by Crippen LogP contribution is 2.21. The fourth-order valence-electron chi connectivity index (χ4n) is 3.42. The Morgan fingerprint density at radius 1 is 0.667 bits per heavy atom. The number of non-ortho nitro benzene ring substituents is 1. The van der Waals surface area contributed by atoms with E-state index >= 15 is 0 Å². The number of benzene rings is 4. The van der Waals surface area contributed by atoms with Gasteiger partial charge in [-0.25, -0.2) is 0 Å². The van der Waals surface area contributed by atoms with Gasteiger partial charge in [0, 0.05) is 23.3 Å². The van der Waals surface area contributed by atoms with Crippen LogP contribution in [0.25, 0.3) is 23.3 Å². The molecule has 0 bridgehead atoms. The largest absolute Gasteiger partial charge is 0.289 e. The summed E-state index contributed by atoms with van der Waals surface area (Å²) in [5.74, 6) is -0.119. The Hall–Kier alpha value is -4.57. The predicted octanol–water partition coefficient (Wildman–Crippen LogP) is 7.24. The number of allylic oxidation sites excluding steroid dienone is 2. The number of nitro groups is 1. The van der Waals surface area contributed by atoms with Gasteiger partial charge in [-0.2, -0.15) is 0 Å². The fraction of sp³-hybridized carbons (Fsp3) is 0. The first kappa shape index (κ1) is 21.7. The number of Topliss-reactive ketones (excluding diaryl/α,β-unsaturated/α-hetero) is 1. The molecule has 0 saturated heterocycles. The lowest BCUT2D eigenvalue weighted by Crippen LogP contribution is -2.01. The first-order chi connectivity index (χ1) is 16.1. The molecule has 4 aromatic carbocycles. The second-order valence-corrected chi connectivity index (χ2v) is 7.46. The molecule has 0 atom stereocenters. The maximum Gasteiger partial charge on any atom is 0.269 e. The maximum absolute atomic E-state index is 13.2. The summed E-state index contributed by atoms with van der Waals surface area (Å²) in [6.07, 6.45) is 5.43. The topological polar surface area (TPSA) is 60.2 Å². The number of rotatable bonds is 7. The summed E-state index contributed by atoms with van der Waals surface area (Å²) in [5, 5.41) is 10.9. The Kier molecular flexibility index (Phi) is 6.67. The van der Waals surface area contributed by atoms with Gasteiger partial charge < -0.3 is 0 Å². The van der Waals surface area contributed by atoms with E-state index < -0.39 is 4.92 Å². The van der Waals surface area contributed by atoms with Gasteiger partial charge >= 0.3 is 0 Å². The molecule has 0 aliphatic rings. The van der Waals surface area contributed by atoms with Gasteiger partial charge in [-0.3, -0.25) is 14.9 Å². The minimum absolute atomic E-state index is 0.0112. The average molecular weight is 431 g/mol. The van der Waals surface area contributed by atoms with Crippen LogP contribution in [0.2, 0.25) is 0 Å². The Balaban J connectivity index is 1.63. The van der Waals surface area contributed by atoms with Crippen LogP contribution in [0, 0.1) is 10.1 Å². The van der Waals surface area contributed by atoms with Crippen molar-refractivity contribution < 1.29 is 9.72 Å². The van der Waals surface area contributed by atoms with Crippen LogP contribution in [-0.4, -0.2) is 10.7 Å². The van der Waals surface area contributed by atoms with E-state index in [4.69, 9.17) is 0 Å². The van der Waals surface area contributed by atoms with Crippen molar-refractivity contribution in [2.75, 3.05) is 0 Å². The van der Waals surface area contributed by atoms with E-state index in [0.29, 0.717) is 16.7 Å². The van der Waals surface area contributed by atoms with Crippen LogP contribution in [-0.2, 0) is 0 Å². The maximum atomic E-state index is 13.2. The summed E-state index contributed by atoms with van der Waals surface area (Å²) in [5.41, 5.74) is 5.02. The van der Waals surface area contributed by atoms with Gasteiger partial charge in [0.05, 0.1) is 4.92 Å². The lowest BCUT2D eigenvalue weighted by molar-refractivity contribution is -0.384. The van der Waals surface area contributed by atoms with E-state index in [0.717, 1.165) is 16.7 Å². The van der Waals surface area contributed by atoms with Gasteiger partial charge in [0.25, 0.3) is 5.69 Å². The van der Waals surface area contributed by atoms with Crippen molar-refractivity contribution in [3.05, 3.63) is 148 Å². The Labute approximate surface area is 192 Å². The molecule has 0 unspecified atom stereocenters. The van der Waals surface area contributed by atoms with Crippen molar-refractivity contribution >= 4 is 23.6 Å². The van der Waals surface area contributed by atoms with Crippen LogP contribution in [0.3, 0.4) is 0 Å².